The zero-order valence-electron chi connectivity index (χ0n) is 18.2. The number of hydrogen-bond donors (Lipinski definition) is 4. The Morgan fingerprint density at radius 1 is 0.417 bits per heavy atom. The lowest BCUT2D eigenvalue weighted by Crippen LogP contribution is -2.08. The molecule has 4 aromatic rings. The number of ether oxygens (including phenoxy) is 2. The Morgan fingerprint density at radius 2 is 0.722 bits per heavy atom. The van der Waals surface area contributed by atoms with Crippen molar-refractivity contribution in [2.75, 3.05) is 0 Å². The maximum absolute atomic E-state index is 11.4. The third-order valence-electron chi connectivity index (χ3n) is 5.16. The highest BCUT2D eigenvalue weighted by Gasteiger charge is 2.18. The van der Waals surface area contributed by atoms with Crippen molar-refractivity contribution >= 4 is 34.6 Å². The summed E-state index contributed by atoms with van der Waals surface area (Å²) in [6.07, 6.45) is 0. The summed E-state index contributed by atoms with van der Waals surface area (Å²) in [4.78, 5) is 45.2. The van der Waals surface area contributed by atoms with Gasteiger partial charge in [-0.15, -0.1) is 0 Å². The standard InChI is InChI=1S/C26H16O10/c27-23(28)19-7-5-17(11-21(19)25(31)32)35-15-3-1-13-9-16(4-2-14(13)10-15)36-18-6-8-20(24(29)30)22(12-18)26(33)34/h1-12H,(H,27,28)(H,29,30)(H,31,32)(H,33,34). The van der Waals surface area contributed by atoms with Gasteiger partial charge >= 0.3 is 23.9 Å². The highest BCUT2D eigenvalue weighted by molar-refractivity contribution is 6.02. The highest BCUT2D eigenvalue weighted by Crippen LogP contribution is 2.31. The second-order valence-electron chi connectivity index (χ2n) is 7.51. The first-order valence-corrected chi connectivity index (χ1v) is 10.2. The molecular weight excluding hydrogens is 472 g/mol. The number of carboxylic acid groups (broad SMARTS) is 4. The van der Waals surface area contributed by atoms with Gasteiger partial charge in [-0.1, -0.05) is 12.1 Å². The largest absolute Gasteiger partial charge is 0.478 e. The molecule has 180 valence electrons. The summed E-state index contributed by atoms with van der Waals surface area (Å²) in [7, 11) is 0. The molecule has 0 bridgehead atoms. The summed E-state index contributed by atoms with van der Waals surface area (Å²) in [5.41, 5.74) is -1.50. The summed E-state index contributed by atoms with van der Waals surface area (Å²) in [6.45, 7) is 0. The average Bonchev–Trinajstić information content (AvgIpc) is 2.83. The monoisotopic (exact) mass is 488 g/mol. The minimum absolute atomic E-state index is 0.149. The zero-order chi connectivity index (χ0) is 26.0. The van der Waals surface area contributed by atoms with Crippen LogP contribution < -0.4 is 9.47 Å². The number of benzene rings is 4. The van der Waals surface area contributed by atoms with E-state index in [0.717, 1.165) is 35.0 Å². The molecule has 0 aliphatic rings. The van der Waals surface area contributed by atoms with Crippen LogP contribution in [0.15, 0.2) is 72.8 Å². The van der Waals surface area contributed by atoms with Crippen LogP contribution in [-0.4, -0.2) is 44.3 Å². The third-order valence-corrected chi connectivity index (χ3v) is 5.16. The molecule has 0 aliphatic carbocycles. The van der Waals surface area contributed by atoms with Gasteiger partial charge in [0.2, 0.25) is 0 Å². The van der Waals surface area contributed by atoms with Crippen LogP contribution in [0.1, 0.15) is 41.4 Å². The summed E-state index contributed by atoms with van der Waals surface area (Å²) in [5.74, 6) is -4.45. The van der Waals surface area contributed by atoms with E-state index in [1.165, 1.54) is 12.1 Å². The molecule has 0 heterocycles. The van der Waals surface area contributed by atoms with Crippen molar-refractivity contribution in [1.82, 2.24) is 0 Å². The third kappa shape index (κ3) is 4.92. The Kier molecular flexibility index (Phi) is 6.25. The van der Waals surface area contributed by atoms with Gasteiger partial charge in [0.1, 0.15) is 23.0 Å². The number of aromatic carboxylic acids is 4. The quantitative estimate of drug-likeness (QED) is 0.258. The van der Waals surface area contributed by atoms with Gasteiger partial charge in [-0.05, 0) is 71.4 Å². The molecule has 0 atom stereocenters. The van der Waals surface area contributed by atoms with E-state index < -0.39 is 35.0 Å². The van der Waals surface area contributed by atoms with Gasteiger partial charge in [-0.25, -0.2) is 19.2 Å². The Morgan fingerprint density at radius 3 is 1.06 bits per heavy atom. The molecule has 10 heteroatoms. The molecule has 4 aromatic carbocycles. The van der Waals surface area contributed by atoms with Gasteiger partial charge in [-0.3, -0.25) is 0 Å². The van der Waals surface area contributed by atoms with Crippen LogP contribution in [-0.2, 0) is 0 Å². The number of hydrogen-bond acceptors (Lipinski definition) is 6. The maximum Gasteiger partial charge on any atom is 0.336 e. The predicted molar refractivity (Wildman–Crippen MR) is 125 cm³/mol. The van der Waals surface area contributed by atoms with E-state index in [0.29, 0.717) is 11.5 Å². The first kappa shape index (κ1) is 23.8. The Balaban J connectivity index is 1.57. The normalized spacial score (nSPS) is 10.6. The van der Waals surface area contributed by atoms with Gasteiger partial charge in [-0.2, -0.15) is 0 Å². The molecular formula is C26H16O10. The van der Waals surface area contributed by atoms with Crippen molar-refractivity contribution in [3.05, 3.63) is 95.1 Å². The fourth-order valence-electron chi connectivity index (χ4n) is 3.50. The SMILES string of the molecule is O=C(O)c1ccc(Oc2ccc3cc(Oc4ccc(C(=O)O)c(C(=O)O)c4)ccc3c2)cc1C(=O)O. The molecule has 10 nitrogen and oxygen atoms in total. The van der Waals surface area contributed by atoms with Crippen LogP contribution in [0.2, 0.25) is 0 Å². The van der Waals surface area contributed by atoms with Crippen molar-refractivity contribution in [1.29, 1.82) is 0 Å². The van der Waals surface area contributed by atoms with Crippen LogP contribution >= 0.6 is 0 Å². The molecule has 0 saturated heterocycles. The van der Waals surface area contributed by atoms with E-state index in [4.69, 9.17) is 19.7 Å². The molecule has 0 spiro atoms. The zero-order valence-corrected chi connectivity index (χ0v) is 18.2. The lowest BCUT2D eigenvalue weighted by atomic mass is 10.1. The van der Waals surface area contributed by atoms with E-state index in [2.05, 4.69) is 0 Å². The van der Waals surface area contributed by atoms with E-state index in [1.54, 1.807) is 36.4 Å². The minimum atomic E-state index is -1.39. The topological polar surface area (TPSA) is 168 Å². The highest BCUT2D eigenvalue weighted by atomic mass is 16.5. The van der Waals surface area contributed by atoms with E-state index in [1.807, 2.05) is 0 Å². The lowest BCUT2D eigenvalue weighted by molar-refractivity contribution is 0.0651. The molecule has 36 heavy (non-hydrogen) atoms. The molecule has 0 aliphatic heterocycles. The number of rotatable bonds is 8. The average molecular weight is 488 g/mol. The Hall–Kier alpha value is -5.38. The molecule has 0 amide bonds. The summed E-state index contributed by atoms with van der Waals surface area (Å²) < 4.78 is 11.4. The molecule has 0 radical (unpaired) electrons. The first-order valence-electron chi connectivity index (χ1n) is 10.2. The lowest BCUT2D eigenvalue weighted by Gasteiger charge is -2.11. The Bertz CT molecular complexity index is 1440. The summed E-state index contributed by atoms with van der Waals surface area (Å²) in [6, 6.07) is 17.4. The smallest absolute Gasteiger partial charge is 0.336 e. The first-order chi connectivity index (χ1) is 17.1. The van der Waals surface area contributed by atoms with Crippen molar-refractivity contribution in [2.45, 2.75) is 0 Å². The maximum atomic E-state index is 11.4. The van der Waals surface area contributed by atoms with E-state index in [9.17, 15) is 29.4 Å². The van der Waals surface area contributed by atoms with Crippen LogP contribution in [0.5, 0.6) is 23.0 Å². The molecule has 0 saturated carbocycles. The van der Waals surface area contributed by atoms with Crippen molar-refractivity contribution in [2.24, 2.45) is 0 Å². The van der Waals surface area contributed by atoms with Crippen LogP contribution in [0.25, 0.3) is 10.8 Å². The molecule has 4 rings (SSSR count). The van der Waals surface area contributed by atoms with Crippen molar-refractivity contribution in [3.63, 3.8) is 0 Å². The van der Waals surface area contributed by atoms with Gasteiger partial charge in [0, 0.05) is 0 Å². The van der Waals surface area contributed by atoms with Gasteiger partial charge < -0.3 is 29.9 Å². The molecule has 4 N–H and O–H groups in total. The minimum Gasteiger partial charge on any atom is -0.478 e. The number of carboxylic acids is 4. The van der Waals surface area contributed by atoms with Crippen LogP contribution in [0, 0.1) is 0 Å². The van der Waals surface area contributed by atoms with Crippen molar-refractivity contribution in [3.8, 4) is 23.0 Å². The molecule has 0 unspecified atom stereocenters. The van der Waals surface area contributed by atoms with Crippen LogP contribution in [0.4, 0.5) is 0 Å². The summed E-state index contributed by atoms with van der Waals surface area (Å²) in [5, 5.41) is 38.3. The van der Waals surface area contributed by atoms with Gasteiger partial charge in [0.25, 0.3) is 0 Å². The number of fused-ring (bicyclic) bond motifs is 1. The van der Waals surface area contributed by atoms with Crippen molar-refractivity contribution < 1.29 is 49.1 Å². The second-order valence-corrected chi connectivity index (χ2v) is 7.51. The summed E-state index contributed by atoms with van der Waals surface area (Å²) >= 11 is 0. The fourth-order valence-corrected chi connectivity index (χ4v) is 3.50. The molecule has 0 aromatic heterocycles. The second kappa shape index (κ2) is 9.47. The Labute approximate surface area is 202 Å². The van der Waals surface area contributed by atoms with Gasteiger partial charge in [0.15, 0.2) is 0 Å². The van der Waals surface area contributed by atoms with E-state index in [-0.39, 0.29) is 22.6 Å². The van der Waals surface area contributed by atoms with E-state index >= 15 is 0 Å². The molecule has 0 fully saturated rings. The number of carbonyl (C=O) groups is 4. The van der Waals surface area contributed by atoms with Gasteiger partial charge in [0.05, 0.1) is 22.3 Å². The van der Waals surface area contributed by atoms with Crippen LogP contribution in [0.3, 0.4) is 0 Å². The fraction of sp³-hybridized carbons (Fsp3) is 0. The predicted octanol–water partition coefficient (Wildman–Crippen LogP) is 5.22.